The first-order chi connectivity index (χ1) is 4.93. The summed E-state index contributed by atoms with van der Waals surface area (Å²) in [5, 5.41) is 5.79. The van der Waals surface area contributed by atoms with Crippen molar-refractivity contribution in [3.05, 3.63) is 5.82 Å². The first-order valence-electron chi connectivity index (χ1n) is 2.56. The van der Waals surface area contributed by atoms with Gasteiger partial charge in [0.2, 0.25) is 11.0 Å². The van der Waals surface area contributed by atoms with Gasteiger partial charge in [0.15, 0.2) is 0 Å². The van der Waals surface area contributed by atoms with E-state index in [1.165, 1.54) is 7.05 Å². The summed E-state index contributed by atoms with van der Waals surface area (Å²) in [4.78, 5) is 0. The SMILES string of the molecule is Cn1c([S])nnc1C(F)(F)F. The Balaban J connectivity index is 3.15. The van der Waals surface area contributed by atoms with Crippen molar-refractivity contribution in [1.82, 2.24) is 14.8 Å². The molecule has 3 nitrogen and oxygen atoms in total. The molecule has 1 rings (SSSR count). The average molecular weight is 182 g/mol. The van der Waals surface area contributed by atoms with Crippen molar-refractivity contribution in [1.29, 1.82) is 0 Å². The van der Waals surface area contributed by atoms with Crippen LogP contribution in [0.4, 0.5) is 13.2 Å². The van der Waals surface area contributed by atoms with Crippen LogP contribution in [0.2, 0.25) is 0 Å². The molecule has 0 fully saturated rings. The number of hydrogen-bond donors (Lipinski definition) is 0. The van der Waals surface area contributed by atoms with E-state index in [9.17, 15) is 13.2 Å². The third kappa shape index (κ3) is 1.42. The third-order valence-corrected chi connectivity index (χ3v) is 1.44. The number of alkyl halides is 3. The molecular formula is C4H3F3N3S. The highest BCUT2D eigenvalue weighted by atomic mass is 32.1. The molecule has 61 valence electrons. The van der Waals surface area contributed by atoms with Crippen molar-refractivity contribution >= 4 is 12.6 Å². The zero-order valence-corrected chi connectivity index (χ0v) is 6.20. The molecular weight excluding hydrogens is 179 g/mol. The summed E-state index contributed by atoms with van der Waals surface area (Å²) in [6, 6.07) is 0. The molecule has 1 aromatic heterocycles. The average Bonchev–Trinajstić information content (AvgIpc) is 2.11. The smallest absolute Gasteiger partial charge is 0.298 e. The van der Waals surface area contributed by atoms with E-state index in [2.05, 4.69) is 22.8 Å². The fourth-order valence-electron chi connectivity index (χ4n) is 0.562. The summed E-state index contributed by atoms with van der Waals surface area (Å²) in [5.74, 6) is -1.07. The van der Waals surface area contributed by atoms with Crippen LogP contribution in [0.1, 0.15) is 5.82 Å². The number of halogens is 3. The molecule has 7 heteroatoms. The summed E-state index contributed by atoms with van der Waals surface area (Å²) in [6.45, 7) is 0. The van der Waals surface area contributed by atoms with E-state index in [-0.39, 0.29) is 5.16 Å². The number of aromatic nitrogens is 3. The second-order valence-corrected chi connectivity index (χ2v) is 2.23. The van der Waals surface area contributed by atoms with Crippen LogP contribution < -0.4 is 0 Å². The lowest BCUT2D eigenvalue weighted by Gasteiger charge is -2.03. The molecule has 0 aliphatic carbocycles. The Morgan fingerprint density at radius 3 is 2.09 bits per heavy atom. The quantitative estimate of drug-likeness (QED) is 0.607. The molecule has 0 saturated heterocycles. The largest absolute Gasteiger partial charge is 0.451 e. The van der Waals surface area contributed by atoms with Gasteiger partial charge in [0.05, 0.1) is 0 Å². The molecule has 0 atom stereocenters. The summed E-state index contributed by atoms with van der Waals surface area (Å²) >= 11 is 4.43. The molecule has 0 aliphatic heterocycles. The van der Waals surface area contributed by atoms with Crippen LogP contribution in [0.15, 0.2) is 5.16 Å². The molecule has 1 heterocycles. The Bertz CT molecular complexity index is 266. The minimum atomic E-state index is -4.47. The Labute approximate surface area is 65.6 Å². The van der Waals surface area contributed by atoms with Crippen LogP contribution in [0.5, 0.6) is 0 Å². The molecule has 1 aromatic rings. The van der Waals surface area contributed by atoms with Crippen LogP contribution in [0, 0.1) is 0 Å². The molecule has 0 N–H and O–H groups in total. The number of rotatable bonds is 0. The van der Waals surface area contributed by atoms with Crippen molar-refractivity contribution in [3.8, 4) is 0 Å². The minimum absolute atomic E-state index is 0.169. The zero-order chi connectivity index (χ0) is 8.65. The maximum Gasteiger partial charge on any atom is 0.451 e. The fourth-order valence-corrected chi connectivity index (χ4v) is 0.689. The van der Waals surface area contributed by atoms with E-state index in [0.717, 1.165) is 4.57 Å². The molecule has 1 radical (unpaired) electrons. The van der Waals surface area contributed by atoms with Gasteiger partial charge < -0.3 is 0 Å². The van der Waals surface area contributed by atoms with Gasteiger partial charge in [-0.05, 0) is 12.6 Å². The molecule has 0 unspecified atom stereocenters. The highest BCUT2D eigenvalue weighted by Crippen LogP contribution is 2.27. The van der Waals surface area contributed by atoms with E-state index in [0.29, 0.717) is 0 Å². The van der Waals surface area contributed by atoms with Crippen LogP contribution in [-0.4, -0.2) is 14.8 Å². The monoisotopic (exact) mass is 182 g/mol. The molecule has 0 amide bonds. The van der Waals surface area contributed by atoms with Crippen LogP contribution in [0.3, 0.4) is 0 Å². The van der Waals surface area contributed by atoms with Gasteiger partial charge in [-0.3, -0.25) is 4.57 Å². The Morgan fingerprint density at radius 2 is 1.91 bits per heavy atom. The van der Waals surface area contributed by atoms with Crippen molar-refractivity contribution in [2.24, 2.45) is 7.05 Å². The first-order valence-corrected chi connectivity index (χ1v) is 2.97. The highest BCUT2D eigenvalue weighted by Gasteiger charge is 2.37. The molecule has 11 heavy (non-hydrogen) atoms. The Hall–Kier alpha value is -0.850. The number of nitrogens with zero attached hydrogens (tertiary/aromatic N) is 3. The topological polar surface area (TPSA) is 30.7 Å². The van der Waals surface area contributed by atoms with Crippen molar-refractivity contribution in [3.63, 3.8) is 0 Å². The lowest BCUT2D eigenvalue weighted by atomic mass is 10.6. The van der Waals surface area contributed by atoms with Gasteiger partial charge in [0.25, 0.3) is 0 Å². The maximum absolute atomic E-state index is 11.9. The van der Waals surface area contributed by atoms with Gasteiger partial charge >= 0.3 is 6.18 Å². The standard InChI is InChI=1S/C4H3F3N3S/c1-10-2(4(5,6)7)8-9-3(10)11/h1H3. The molecule has 0 bridgehead atoms. The van der Waals surface area contributed by atoms with E-state index < -0.39 is 12.0 Å². The Morgan fingerprint density at radius 1 is 1.36 bits per heavy atom. The predicted molar refractivity (Wildman–Crippen MR) is 31.9 cm³/mol. The van der Waals surface area contributed by atoms with Gasteiger partial charge in [0.1, 0.15) is 0 Å². The maximum atomic E-state index is 11.9. The van der Waals surface area contributed by atoms with Crippen molar-refractivity contribution in [2.45, 2.75) is 11.3 Å². The van der Waals surface area contributed by atoms with Gasteiger partial charge in [-0.15, -0.1) is 10.2 Å². The summed E-state index contributed by atoms with van der Waals surface area (Å²) in [7, 11) is 1.17. The third-order valence-electron chi connectivity index (χ3n) is 1.09. The Kier molecular flexibility index (Phi) is 1.75. The lowest BCUT2D eigenvalue weighted by molar-refractivity contribution is -0.147. The summed E-state index contributed by atoms with van der Waals surface area (Å²) < 4.78 is 36.4. The van der Waals surface area contributed by atoms with Crippen LogP contribution in [-0.2, 0) is 13.2 Å². The van der Waals surface area contributed by atoms with Gasteiger partial charge in [-0.25, -0.2) is 0 Å². The first kappa shape index (κ1) is 8.25. The van der Waals surface area contributed by atoms with Gasteiger partial charge in [-0.2, -0.15) is 13.2 Å². The van der Waals surface area contributed by atoms with Crippen LogP contribution >= 0.6 is 12.6 Å². The molecule has 0 aromatic carbocycles. The lowest BCUT2D eigenvalue weighted by Crippen LogP contribution is -2.12. The second kappa shape index (κ2) is 2.33. The zero-order valence-electron chi connectivity index (χ0n) is 5.38. The highest BCUT2D eigenvalue weighted by molar-refractivity contribution is 7.80. The molecule has 0 spiro atoms. The fraction of sp³-hybridized carbons (Fsp3) is 0.500. The van der Waals surface area contributed by atoms with E-state index in [1.54, 1.807) is 0 Å². The molecule has 0 saturated carbocycles. The van der Waals surface area contributed by atoms with Crippen LogP contribution in [0.25, 0.3) is 0 Å². The predicted octanol–water partition coefficient (Wildman–Crippen LogP) is 1.39. The van der Waals surface area contributed by atoms with Gasteiger partial charge in [0, 0.05) is 7.05 Å². The summed E-state index contributed by atoms with van der Waals surface area (Å²) in [5.41, 5.74) is 0. The van der Waals surface area contributed by atoms with E-state index >= 15 is 0 Å². The van der Waals surface area contributed by atoms with Gasteiger partial charge in [-0.1, -0.05) is 0 Å². The van der Waals surface area contributed by atoms with Crippen molar-refractivity contribution in [2.75, 3.05) is 0 Å². The normalized spacial score (nSPS) is 12.0. The molecule has 0 aliphatic rings. The number of hydrogen-bond acceptors (Lipinski definition) is 2. The summed E-state index contributed by atoms with van der Waals surface area (Å²) in [6.07, 6.45) is -4.47. The van der Waals surface area contributed by atoms with E-state index in [1.807, 2.05) is 0 Å². The minimum Gasteiger partial charge on any atom is -0.298 e. The van der Waals surface area contributed by atoms with Crippen molar-refractivity contribution < 1.29 is 13.2 Å². The van der Waals surface area contributed by atoms with E-state index in [4.69, 9.17) is 0 Å². The second-order valence-electron chi connectivity index (χ2n) is 1.86.